The molecular weight excluding hydrogens is 276 g/mol. The van der Waals surface area contributed by atoms with Gasteiger partial charge in [-0.1, -0.05) is 36.8 Å². The Kier molecular flexibility index (Phi) is 4.32. The summed E-state index contributed by atoms with van der Waals surface area (Å²) in [5, 5.41) is 4.29. The van der Waals surface area contributed by atoms with Crippen molar-refractivity contribution < 1.29 is 0 Å². The van der Waals surface area contributed by atoms with Crippen LogP contribution in [-0.2, 0) is 13.0 Å². The lowest BCUT2D eigenvalue weighted by Gasteiger charge is -2.04. The van der Waals surface area contributed by atoms with E-state index in [4.69, 9.17) is 0 Å². The molecule has 0 amide bonds. The normalized spacial score (nSPS) is 11.1. The van der Waals surface area contributed by atoms with E-state index < -0.39 is 0 Å². The fourth-order valence-electron chi connectivity index (χ4n) is 2.70. The number of benzene rings is 1. The van der Waals surface area contributed by atoms with E-state index in [2.05, 4.69) is 39.3 Å². The van der Waals surface area contributed by atoms with Crippen LogP contribution in [-0.4, -0.2) is 19.7 Å². The van der Waals surface area contributed by atoms with Crippen molar-refractivity contribution >= 4 is 11.0 Å². The number of aromatic amines is 1. The number of hydrogen-bond donors (Lipinski definition) is 1. The standard InChI is InChI=1S/C17H20N4O/c1-13-19-15-12-18-21(16(15)17(22)20-13)11-7-3-6-10-14-8-4-2-5-9-14/h2,4-5,8-9,12H,3,6-7,10-11H2,1H3,(H,19,20,22). The van der Waals surface area contributed by atoms with Gasteiger partial charge in [-0.25, -0.2) is 4.98 Å². The summed E-state index contributed by atoms with van der Waals surface area (Å²) < 4.78 is 1.77. The summed E-state index contributed by atoms with van der Waals surface area (Å²) in [5.74, 6) is 0.625. The van der Waals surface area contributed by atoms with E-state index in [9.17, 15) is 4.79 Å². The summed E-state index contributed by atoms with van der Waals surface area (Å²) in [6.45, 7) is 2.54. The van der Waals surface area contributed by atoms with Gasteiger partial charge in [0.25, 0.3) is 5.56 Å². The third-order valence-electron chi connectivity index (χ3n) is 3.80. The molecular formula is C17H20N4O. The molecule has 3 aromatic rings. The molecule has 0 aliphatic rings. The Balaban J connectivity index is 1.55. The molecule has 0 aliphatic heterocycles. The molecule has 0 bridgehead atoms. The second kappa shape index (κ2) is 6.56. The largest absolute Gasteiger partial charge is 0.309 e. The average molecular weight is 296 g/mol. The molecule has 2 aromatic heterocycles. The molecule has 2 heterocycles. The molecule has 0 saturated heterocycles. The van der Waals surface area contributed by atoms with Gasteiger partial charge in [0.2, 0.25) is 0 Å². The first kappa shape index (κ1) is 14.5. The highest BCUT2D eigenvalue weighted by molar-refractivity contribution is 5.72. The van der Waals surface area contributed by atoms with Crippen molar-refractivity contribution in [2.24, 2.45) is 0 Å². The summed E-state index contributed by atoms with van der Waals surface area (Å²) in [7, 11) is 0. The number of H-pyrrole nitrogens is 1. The first-order valence-corrected chi connectivity index (χ1v) is 7.70. The van der Waals surface area contributed by atoms with E-state index in [1.165, 1.54) is 5.56 Å². The van der Waals surface area contributed by atoms with Crippen molar-refractivity contribution in [3.05, 3.63) is 58.3 Å². The van der Waals surface area contributed by atoms with Crippen LogP contribution in [0, 0.1) is 6.92 Å². The molecule has 5 heteroatoms. The number of rotatable bonds is 6. The molecule has 0 unspecified atom stereocenters. The molecule has 22 heavy (non-hydrogen) atoms. The smallest absolute Gasteiger partial charge is 0.277 e. The maximum Gasteiger partial charge on any atom is 0.277 e. The topological polar surface area (TPSA) is 63.6 Å². The van der Waals surface area contributed by atoms with Crippen LogP contribution in [0.2, 0.25) is 0 Å². The van der Waals surface area contributed by atoms with Crippen LogP contribution < -0.4 is 5.56 Å². The summed E-state index contributed by atoms with van der Waals surface area (Å²) in [6.07, 6.45) is 6.05. The lowest BCUT2D eigenvalue weighted by molar-refractivity contribution is 0.555. The lowest BCUT2D eigenvalue weighted by atomic mass is 10.1. The SMILES string of the molecule is Cc1nc2cnn(CCCCCc3ccccc3)c2c(=O)[nH]1. The fourth-order valence-corrected chi connectivity index (χ4v) is 2.70. The molecule has 0 spiro atoms. The molecule has 3 rings (SSSR count). The monoisotopic (exact) mass is 296 g/mol. The molecule has 1 N–H and O–H groups in total. The number of aromatic nitrogens is 4. The molecule has 0 saturated carbocycles. The van der Waals surface area contributed by atoms with Crippen molar-refractivity contribution in [2.75, 3.05) is 0 Å². The van der Waals surface area contributed by atoms with Crippen LogP contribution in [0.1, 0.15) is 30.7 Å². The van der Waals surface area contributed by atoms with E-state index in [1.807, 2.05) is 6.07 Å². The van der Waals surface area contributed by atoms with Gasteiger partial charge in [0.15, 0.2) is 5.52 Å². The molecule has 0 fully saturated rings. The third kappa shape index (κ3) is 3.24. The number of unbranched alkanes of at least 4 members (excludes halogenated alkanes) is 2. The van der Waals surface area contributed by atoms with Crippen LogP contribution in [0.15, 0.2) is 41.3 Å². The summed E-state index contributed by atoms with van der Waals surface area (Å²) in [6, 6.07) is 10.5. The number of fused-ring (bicyclic) bond motifs is 1. The number of hydrogen-bond acceptors (Lipinski definition) is 3. The Bertz CT molecular complexity index is 804. The van der Waals surface area contributed by atoms with Gasteiger partial charge in [0.05, 0.1) is 6.20 Å². The van der Waals surface area contributed by atoms with Gasteiger partial charge in [0.1, 0.15) is 11.3 Å². The second-order valence-corrected chi connectivity index (χ2v) is 5.55. The molecule has 0 radical (unpaired) electrons. The zero-order valence-electron chi connectivity index (χ0n) is 12.7. The van der Waals surface area contributed by atoms with E-state index in [0.717, 1.165) is 32.2 Å². The number of nitrogens with one attached hydrogen (secondary N) is 1. The number of aryl methyl sites for hydroxylation is 3. The zero-order chi connectivity index (χ0) is 15.4. The lowest BCUT2D eigenvalue weighted by Crippen LogP contribution is -2.14. The maximum absolute atomic E-state index is 12.0. The van der Waals surface area contributed by atoms with Crippen LogP contribution in [0.3, 0.4) is 0 Å². The van der Waals surface area contributed by atoms with Gasteiger partial charge in [-0.05, 0) is 31.7 Å². The molecule has 1 aromatic carbocycles. The van der Waals surface area contributed by atoms with E-state index in [-0.39, 0.29) is 5.56 Å². The van der Waals surface area contributed by atoms with Crippen molar-refractivity contribution in [3.63, 3.8) is 0 Å². The minimum absolute atomic E-state index is 0.107. The van der Waals surface area contributed by atoms with Gasteiger partial charge in [0, 0.05) is 6.54 Å². The van der Waals surface area contributed by atoms with Crippen molar-refractivity contribution in [2.45, 2.75) is 39.2 Å². The highest BCUT2D eigenvalue weighted by Crippen LogP contribution is 2.10. The average Bonchev–Trinajstić information content (AvgIpc) is 2.91. The highest BCUT2D eigenvalue weighted by atomic mass is 16.1. The third-order valence-corrected chi connectivity index (χ3v) is 3.80. The maximum atomic E-state index is 12.0. The van der Waals surface area contributed by atoms with E-state index >= 15 is 0 Å². The second-order valence-electron chi connectivity index (χ2n) is 5.55. The molecule has 5 nitrogen and oxygen atoms in total. The van der Waals surface area contributed by atoms with Gasteiger partial charge in [-0.3, -0.25) is 9.48 Å². The summed E-state index contributed by atoms with van der Waals surface area (Å²) in [4.78, 5) is 19.0. The van der Waals surface area contributed by atoms with Crippen LogP contribution in [0.4, 0.5) is 0 Å². The summed E-state index contributed by atoms with van der Waals surface area (Å²) in [5.41, 5.74) is 2.52. The Labute approximate surface area is 129 Å². The Morgan fingerprint density at radius 1 is 1.14 bits per heavy atom. The zero-order valence-corrected chi connectivity index (χ0v) is 12.7. The quantitative estimate of drug-likeness (QED) is 0.711. The van der Waals surface area contributed by atoms with Crippen molar-refractivity contribution in [1.82, 2.24) is 19.7 Å². The Morgan fingerprint density at radius 2 is 1.95 bits per heavy atom. The van der Waals surface area contributed by atoms with Crippen LogP contribution in [0.25, 0.3) is 11.0 Å². The van der Waals surface area contributed by atoms with E-state index in [1.54, 1.807) is 17.8 Å². The van der Waals surface area contributed by atoms with Crippen LogP contribution >= 0.6 is 0 Å². The minimum atomic E-state index is -0.107. The molecule has 0 atom stereocenters. The minimum Gasteiger partial charge on any atom is -0.309 e. The fraction of sp³-hybridized carbons (Fsp3) is 0.353. The Morgan fingerprint density at radius 3 is 2.77 bits per heavy atom. The van der Waals surface area contributed by atoms with Crippen molar-refractivity contribution in [1.29, 1.82) is 0 Å². The van der Waals surface area contributed by atoms with Crippen molar-refractivity contribution in [3.8, 4) is 0 Å². The molecule has 0 aliphatic carbocycles. The first-order valence-electron chi connectivity index (χ1n) is 7.70. The summed E-state index contributed by atoms with van der Waals surface area (Å²) >= 11 is 0. The van der Waals surface area contributed by atoms with E-state index in [0.29, 0.717) is 16.9 Å². The first-order chi connectivity index (χ1) is 10.7. The van der Waals surface area contributed by atoms with Gasteiger partial charge < -0.3 is 4.98 Å². The number of nitrogens with zero attached hydrogens (tertiary/aromatic N) is 3. The van der Waals surface area contributed by atoms with Gasteiger partial charge in [-0.2, -0.15) is 5.10 Å². The molecule has 114 valence electrons. The predicted molar refractivity (Wildman–Crippen MR) is 86.9 cm³/mol. The highest BCUT2D eigenvalue weighted by Gasteiger charge is 2.08. The Hall–Kier alpha value is -2.43. The van der Waals surface area contributed by atoms with Gasteiger partial charge in [-0.15, -0.1) is 0 Å². The predicted octanol–water partition coefficient (Wildman–Crippen LogP) is 2.84. The van der Waals surface area contributed by atoms with Gasteiger partial charge >= 0.3 is 0 Å². The van der Waals surface area contributed by atoms with Crippen LogP contribution in [0.5, 0.6) is 0 Å².